The second kappa shape index (κ2) is 9.06. The van der Waals surface area contributed by atoms with Gasteiger partial charge in [0.15, 0.2) is 0 Å². The monoisotopic (exact) mass is 358 g/mol. The molecule has 0 radical (unpaired) electrons. The average molecular weight is 358 g/mol. The van der Waals surface area contributed by atoms with Gasteiger partial charge in [0.25, 0.3) is 5.91 Å². The standard InChI is InChI=1S/C21H30N2O3/c1-2-8-20(24)23-14-7-9-17(15-23)16-26-19-11-4-3-10-18(19)21(25)22-12-5-6-13-22/h3-4,10-11,17H,2,5-9,12-16H2,1H3. The Morgan fingerprint density at radius 2 is 1.81 bits per heavy atom. The van der Waals surface area contributed by atoms with Crippen LogP contribution in [0.5, 0.6) is 5.75 Å². The molecule has 1 atom stereocenters. The number of ether oxygens (including phenoxy) is 1. The average Bonchev–Trinajstić information content (AvgIpc) is 3.21. The van der Waals surface area contributed by atoms with Crippen LogP contribution in [0.25, 0.3) is 0 Å². The first-order valence-electron chi connectivity index (χ1n) is 9.98. The summed E-state index contributed by atoms with van der Waals surface area (Å²) < 4.78 is 6.06. The highest BCUT2D eigenvalue weighted by atomic mass is 16.5. The first-order chi connectivity index (χ1) is 12.7. The fourth-order valence-corrected chi connectivity index (χ4v) is 3.87. The zero-order chi connectivity index (χ0) is 18.4. The summed E-state index contributed by atoms with van der Waals surface area (Å²) in [6.45, 7) is 5.89. The van der Waals surface area contributed by atoms with Gasteiger partial charge >= 0.3 is 0 Å². The van der Waals surface area contributed by atoms with Crippen LogP contribution in [0.2, 0.25) is 0 Å². The molecule has 2 saturated heterocycles. The Morgan fingerprint density at radius 1 is 1.08 bits per heavy atom. The zero-order valence-electron chi connectivity index (χ0n) is 15.8. The van der Waals surface area contributed by atoms with Gasteiger partial charge in [-0.1, -0.05) is 19.1 Å². The van der Waals surface area contributed by atoms with E-state index < -0.39 is 0 Å². The molecule has 5 nitrogen and oxygen atoms in total. The molecule has 3 rings (SSSR count). The highest BCUT2D eigenvalue weighted by molar-refractivity contribution is 5.97. The Kier molecular flexibility index (Phi) is 6.53. The van der Waals surface area contributed by atoms with E-state index in [1.165, 1.54) is 0 Å². The lowest BCUT2D eigenvalue weighted by atomic mass is 9.98. The molecular weight excluding hydrogens is 328 g/mol. The number of hydrogen-bond acceptors (Lipinski definition) is 3. The summed E-state index contributed by atoms with van der Waals surface area (Å²) in [5.74, 6) is 1.32. The molecule has 1 aromatic rings. The van der Waals surface area contributed by atoms with Crippen LogP contribution < -0.4 is 4.74 Å². The van der Waals surface area contributed by atoms with Crippen molar-refractivity contribution in [3.63, 3.8) is 0 Å². The van der Waals surface area contributed by atoms with E-state index in [0.717, 1.165) is 58.3 Å². The van der Waals surface area contributed by atoms with Crippen LogP contribution >= 0.6 is 0 Å². The topological polar surface area (TPSA) is 49.9 Å². The molecule has 26 heavy (non-hydrogen) atoms. The second-order valence-electron chi connectivity index (χ2n) is 7.40. The van der Waals surface area contributed by atoms with Gasteiger partial charge in [-0.15, -0.1) is 0 Å². The van der Waals surface area contributed by atoms with Gasteiger partial charge in [0, 0.05) is 38.5 Å². The Hall–Kier alpha value is -2.04. The first kappa shape index (κ1) is 18.7. The van der Waals surface area contributed by atoms with E-state index in [2.05, 4.69) is 0 Å². The summed E-state index contributed by atoms with van der Waals surface area (Å²) in [4.78, 5) is 28.8. The van der Waals surface area contributed by atoms with E-state index in [-0.39, 0.29) is 11.8 Å². The molecule has 2 amide bonds. The number of amides is 2. The highest BCUT2D eigenvalue weighted by Gasteiger charge is 2.25. The molecule has 5 heteroatoms. The summed E-state index contributed by atoms with van der Waals surface area (Å²) in [7, 11) is 0. The Bertz CT molecular complexity index is 625. The predicted octanol–water partition coefficient (Wildman–Crippen LogP) is 3.34. The van der Waals surface area contributed by atoms with Crippen molar-refractivity contribution in [3.8, 4) is 5.75 Å². The summed E-state index contributed by atoms with van der Waals surface area (Å²) >= 11 is 0. The maximum absolute atomic E-state index is 12.7. The molecule has 142 valence electrons. The van der Waals surface area contributed by atoms with Crippen LogP contribution in [0.3, 0.4) is 0 Å². The maximum atomic E-state index is 12.7. The predicted molar refractivity (Wildman–Crippen MR) is 101 cm³/mol. The molecule has 0 N–H and O–H groups in total. The third-order valence-corrected chi connectivity index (χ3v) is 5.32. The molecule has 2 aliphatic heterocycles. The van der Waals surface area contributed by atoms with Gasteiger partial charge in [0.05, 0.1) is 12.2 Å². The largest absolute Gasteiger partial charge is 0.492 e. The van der Waals surface area contributed by atoms with Crippen LogP contribution in [0.15, 0.2) is 24.3 Å². The molecular formula is C21H30N2O3. The van der Waals surface area contributed by atoms with E-state index in [4.69, 9.17) is 4.74 Å². The smallest absolute Gasteiger partial charge is 0.257 e. The van der Waals surface area contributed by atoms with Crippen molar-refractivity contribution in [1.82, 2.24) is 9.80 Å². The number of piperidine rings is 1. The molecule has 0 bridgehead atoms. The second-order valence-corrected chi connectivity index (χ2v) is 7.40. The van der Waals surface area contributed by atoms with Gasteiger partial charge in [-0.3, -0.25) is 9.59 Å². The van der Waals surface area contributed by atoms with Crippen LogP contribution in [0.4, 0.5) is 0 Å². The molecule has 2 fully saturated rings. The van der Waals surface area contributed by atoms with E-state index in [1.54, 1.807) is 0 Å². The minimum absolute atomic E-state index is 0.0708. The van der Waals surface area contributed by atoms with Gasteiger partial charge in [-0.05, 0) is 44.2 Å². The van der Waals surface area contributed by atoms with Gasteiger partial charge in [-0.25, -0.2) is 0 Å². The van der Waals surface area contributed by atoms with Crippen molar-refractivity contribution in [2.75, 3.05) is 32.8 Å². The minimum atomic E-state index is 0.0708. The van der Waals surface area contributed by atoms with Gasteiger partial charge in [0.2, 0.25) is 5.91 Å². The number of likely N-dealkylation sites (tertiary alicyclic amines) is 2. The van der Waals surface area contributed by atoms with Crippen LogP contribution in [-0.2, 0) is 4.79 Å². The van der Waals surface area contributed by atoms with E-state index in [1.807, 2.05) is 41.0 Å². The molecule has 0 spiro atoms. The van der Waals surface area contributed by atoms with E-state index in [0.29, 0.717) is 30.3 Å². The Morgan fingerprint density at radius 3 is 2.58 bits per heavy atom. The third kappa shape index (κ3) is 4.57. The lowest BCUT2D eigenvalue weighted by Gasteiger charge is -2.33. The van der Waals surface area contributed by atoms with E-state index in [9.17, 15) is 9.59 Å². The summed E-state index contributed by atoms with van der Waals surface area (Å²) in [6, 6.07) is 7.54. The van der Waals surface area contributed by atoms with Gasteiger partial charge in [0.1, 0.15) is 5.75 Å². The fraction of sp³-hybridized carbons (Fsp3) is 0.619. The minimum Gasteiger partial charge on any atom is -0.492 e. The molecule has 1 unspecified atom stereocenters. The van der Waals surface area contributed by atoms with Crippen LogP contribution in [0, 0.1) is 5.92 Å². The number of nitrogens with zero attached hydrogens (tertiary/aromatic N) is 2. The lowest BCUT2D eigenvalue weighted by Crippen LogP contribution is -2.41. The molecule has 2 aliphatic rings. The van der Waals surface area contributed by atoms with Crippen molar-refractivity contribution in [1.29, 1.82) is 0 Å². The summed E-state index contributed by atoms with van der Waals surface area (Å²) in [5.41, 5.74) is 0.657. The van der Waals surface area contributed by atoms with Crippen molar-refractivity contribution >= 4 is 11.8 Å². The number of carbonyl (C=O) groups is 2. The highest BCUT2D eigenvalue weighted by Crippen LogP contribution is 2.24. The quantitative estimate of drug-likeness (QED) is 0.784. The normalized spacial score (nSPS) is 20.3. The van der Waals surface area contributed by atoms with Crippen LogP contribution in [0.1, 0.15) is 55.8 Å². The Balaban J connectivity index is 1.59. The Labute approximate surface area is 156 Å². The van der Waals surface area contributed by atoms with E-state index >= 15 is 0 Å². The molecule has 2 heterocycles. The number of hydrogen-bond donors (Lipinski definition) is 0. The molecule has 0 aromatic heterocycles. The van der Waals surface area contributed by atoms with Gasteiger partial charge < -0.3 is 14.5 Å². The van der Waals surface area contributed by atoms with Crippen LogP contribution in [-0.4, -0.2) is 54.4 Å². The number of rotatable bonds is 6. The lowest BCUT2D eigenvalue weighted by molar-refractivity contribution is -0.133. The van der Waals surface area contributed by atoms with Crippen molar-refractivity contribution in [3.05, 3.63) is 29.8 Å². The maximum Gasteiger partial charge on any atom is 0.257 e. The van der Waals surface area contributed by atoms with Crippen molar-refractivity contribution in [2.45, 2.75) is 45.4 Å². The molecule has 1 aromatic carbocycles. The first-order valence-corrected chi connectivity index (χ1v) is 9.98. The molecule has 0 aliphatic carbocycles. The number of carbonyl (C=O) groups excluding carboxylic acids is 2. The summed E-state index contributed by atoms with van der Waals surface area (Å²) in [6.07, 6.45) is 5.77. The molecule has 0 saturated carbocycles. The number of benzene rings is 1. The summed E-state index contributed by atoms with van der Waals surface area (Å²) in [5, 5.41) is 0. The van der Waals surface area contributed by atoms with Gasteiger partial charge in [-0.2, -0.15) is 0 Å². The number of para-hydroxylation sites is 1. The van der Waals surface area contributed by atoms with Crippen molar-refractivity contribution < 1.29 is 14.3 Å². The third-order valence-electron chi connectivity index (χ3n) is 5.32. The SMILES string of the molecule is CCCC(=O)N1CCCC(COc2ccccc2C(=O)N2CCCC2)C1. The van der Waals surface area contributed by atoms with Crippen molar-refractivity contribution in [2.24, 2.45) is 5.92 Å². The fourth-order valence-electron chi connectivity index (χ4n) is 3.87. The zero-order valence-corrected chi connectivity index (χ0v) is 15.8.